The average Bonchev–Trinajstić information content (AvgIpc) is 3.11. The van der Waals surface area contributed by atoms with E-state index >= 15 is 0 Å². The zero-order chi connectivity index (χ0) is 39.3. The van der Waals surface area contributed by atoms with Crippen molar-refractivity contribution in [3.8, 4) is 0 Å². The second kappa shape index (κ2) is 38.1. The monoisotopic (exact) mass is 797 g/mol. The Hall–Kier alpha value is -0.760. The Morgan fingerprint density at radius 3 is 1.77 bits per heavy atom. The molecule has 53 heavy (non-hydrogen) atoms. The van der Waals surface area contributed by atoms with E-state index in [0.29, 0.717) is 57.4 Å². The maximum Gasteiger partial charge on any atom is 0.327 e. The largest absolute Gasteiger partial charge is 0.379 e. The first-order valence-corrected chi connectivity index (χ1v) is 24.0. The van der Waals surface area contributed by atoms with Gasteiger partial charge >= 0.3 is 7.60 Å². The molecule has 2 amide bonds. The van der Waals surface area contributed by atoms with E-state index in [1.807, 2.05) is 6.92 Å². The third-order valence-corrected chi connectivity index (χ3v) is 10.9. The van der Waals surface area contributed by atoms with E-state index in [0.717, 1.165) is 19.3 Å². The minimum Gasteiger partial charge on any atom is -0.379 e. The number of ether oxygens (including phenoxy) is 3. The molecule has 0 aliphatic carbocycles. The van der Waals surface area contributed by atoms with Crippen molar-refractivity contribution in [2.24, 2.45) is 5.73 Å². The zero-order valence-corrected chi connectivity index (χ0v) is 35.6. The smallest absolute Gasteiger partial charge is 0.327 e. The van der Waals surface area contributed by atoms with Crippen molar-refractivity contribution in [1.29, 1.82) is 0 Å². The lowest BCUT2D eigenvalue weighted by molar-refractivity contribution is -0.123. The Morgan fingerprint density at radius 2 is 1.21 bits per heavy atom. The molecule has 12 nitrogen and oxygen atoms in total. The van der Waals surface area contributed by atoms with Crippen LogP contribution in [0.3, 0.4) is 0 Å². The highest BCUT2D eigenvalue weighted by atomic mass is 32.2. The van der Waals surface area contributed by atoms with Crippen molar-refractivity contribution in [3.63, 3.8) is 0 Å². The van der Waals surface area contributed by atoms with Gasteiger partial charge in [0.2, 0.25) is 11.8 Å². The Labute approximate surface area is 327 Å². The summed E-state index contributed by atoms with van der Waals surface area (Å²) in [5, 5.41) is 9.38. The van der Waals surface area contributed by atoms with Gasteiger partial charge in [-0.2, -0.15) is 11.8 Å². The number of nitrogens with two attached hydrogens (primary N) is 1. The highest BCUT2D eigenvalue weighted by molar-refractivity contribution is 7.99. The van der Waals surface area contributed by atoms with Crippen LogP contribution >= 0.6 is 19.4 Å². The van der Waals surface area contributed by atoms with Crippen LogP contribution in [-0.4, -0.2) is 110 Å². The number of rotatable bonds is 41. The summed E-state index contributed by atoms with van der Waals surface area (Å²) >= 11 is 1.57. The Morgan fingerprint density at radius 1 is 0.679 bits per heavy atom. The minimum absolute atomic E-state index is 0.00573. The first-order valence-electron chi connectivity index (χ1n) is 21.0. The maximum atomic E-state index is 12.8. The molecule has 0 heterocycles. The number of hydrogen-bond acceptors (Lipinski definition) is 9. The minimum atomic E-state index is -4.03. The van der Waals surface area contributed by atoms with Crippen LogP contribution in [0.1, 0.15) is 149 Å². The second-order valence-electron chi connectivity index (χ2n) is 14.5. The van der Waals surface area contributed by atoms with E-state index in [-0.39, 0.29) is 43.3 Å². The number of nitrogens with one attached hydrogen (secondary N) is 3. The van der Waals surface area contributed by atoms with Crippen LogP contribution in [0.25, 0.3) is 0 Å². The van der Waals surface area contributed by atoms with E-state index in [2.05, 4.69) is 29.8 Å². The Bertz CT molecular complexity index is 888. The van der Waals surface area contributed by atoms with E-state index in [1.165, 1.54) is 103 Å². The number of amides is 2. The molecule has 3 atom stereocenters. The molecule has 0 aromatic carbocycles. The molecule has 0 aromatic heterocycles. The van der Waals surface area contributed by atoms with Gasteiger partial charge in [0.1, 0.15) is 0 Å². The van der Waals surface area contributed by atoms with Crippen molar-refractivity contribution in [2.45, 2.75) is 167 Å². The topological polar surface area (TPSA) is 181 Å². The van der Waals surface area contributed by atoms with Gasteiger partial charge < -0.3 is 45.7 Å². The summed E-state index contributed by atoms with van der Waals surface area (Å²) in [7, 11) is -4.03. The quantitative estimate of drug-likeness (QED) is 0.0286. The van der Waals surface area contributed by atoms with E-state index < -0.39 is 13.6 Å². The lowest BCUT2D eigenvalue weighted by Crippen LogP contribution is -2.49. The molecular formula is C39H81N4O8PS. The van der Waals surface area contributed by atoms with Crippen molar-refractivity contribution in [1.82, 2.24) is 16.0 Å². The van der Waals surface area contributed by atoms with Gasteiger partial charge in [0.15, 0.2) is 0 Å². The molecule has 0 bridgehead atoms. The molecule has 14 heteroatoms. The summed E-state index contributed by atoms with van der Waals surface area (Å²) in [6.07, 6.45) is 24.0. The van der Waals surface area contributed by atoms with Gasteiger partial charge in [-0.05, 0) is 19.8 Å². The predicted octanol–water partition coefficient (Wildman–Crippen LogP) is 6.70. The van der Waals surface area contributed by atoms with Gasteiger partial charge in [0.25, 0.3) is 0 Å². The van der Waals surface area contributed by atoms with Crippen LogP contribution in [0.2, 0.25) is 0 Å². The molecule has 0 rings (SSSR count). The molecule has 0 spiro atoms. The molecule has 0 aliphatic heterocycles. The van der Waals surface area contributed by atoms with Crippen molar-refractivity contribution < 1.29 is 38.2 Å². The van der Waals surface area contributed by atoms with Crippen LogP contribution in [-0.2, 0) is 28.4 Å². The van der Waals surface area contributed by atoms with E-state index in [9.17, 15) is 14.2 Å². The molecule has 0 radical (unpaired) electrons. The molecule has 0 unspecified atom stereocenters. The number of thioether (sulfide) groups is 1. The maximum absolute atomic E-state index is 12.8. The zero-order valence-electron chi connectivity index (χ0n) is 33.9. The second-order valence-corrected chi connectivity index (χ2v) is 17.3. The van der Waals surface area contributed by atoms with Crippen LogP contribution in [0.4, 0.5) is 0 Å². The lowest BCUT2D eigenvalue weighted by Gasteiger charge is -2.21. The Kier molecular flexibility index (Phi) is 37.6. The summed E-state index contributed by atoms with van der Waals surface area (Å²) in [4.78, 5) is 43.2. The van der Waals surface area contributed by atoms with E-state index in [1.54, 1.807) is 11.8 Å². The molecule has 7 N–H and O–H groups in total. The molecular weight excluding hydrogens is 715 g/mol. The van der Waals surface area contributed by atoms with Gasteiger partial charge in [-0.1, -0.05) is 123 Å². The number of carbonyl (C=O) groups is 2. The first kappa shape index (κ1) is 52.2. The lowest BCUT2D eigenvalue weighted by atomic mass is 10.1. The van der Waals surface area contributed by atoms with Gasteiger partial charge in [0.05, 0.1) is 51.3 Å². The molecule has 0 fully saturated rings. The van der Waals surface area contributed by atoms with Crippen LogP contribution < -0.4 is 21.7 Å². The van der Waals surface area contributed by atoms with Crippen LogP contribution in [0.15, 0.2) is 0 Å². The highest BCUT2D eigenvalue weighted by Crippen LogP contribution is 2.33. The predicted molar refractivity (Wildman–Crippen MR) is 221 cm³/mol. The fourth-order valence-corrected chi connectivity index (χ4v) is 7.10. The fourth-order valence-electron chi connectivity index (χ4n) is 5.73. The summed E-state index contributed by atoms with van der Waals surface area (Å²) in [5.74, 6) is 0.938. The highest BCUT2D eigenvalue weighted by Gasteiger charge is 2.18. The normalized spacial score (nSPS) is 13.5. The molecule has 0 aromatic rings. The van der Waals surface area contributed by atoms with Gasteiger partial charge in [0, 0.05) is 43.7 Å². The van der Waals surface area contributed by atoms with Crippen molar-refractivity contribution in [2.75, 3.05) is 70.4 Å². The number of hydrogen-bond donors (Lipinski definition) is 6. The van der Waals surface area contributed by atoms with Crippen LogP contribution in [0.5, 0.6) is 0 Å². The van der Waals surface area contributed by atoms with Crippen molar-refractivity contribution >= 4 is 31.2 Å². The van der Waals surface area contributed by atoms with Gasteiger partial charge in [-0.15, -0.1) is 0 Å². The molecule has 0 aliphatic rings. The first-order chi connectivity index (χ1) is 25.6. The Balaban J connectivity index is 4.36. The fraction of sp³-hybridized carbons (Fsp3) is 0.949. The molecule has 0 saturated heterocycles. The van der Waals surface area contributed by atoms with Gasteiger partial charge in [-0.3, -0.25) is 14.2 Å². The molecule has 0 saturated carbocycles. The summed E-state index contributed by atoms with van der Waals surface area (Å²) in [6, 6.07) is -0.912. The van der Waals surface area contributed by atoms with E-state index in [4.69, 9.17) is 29.7 Å². The summed E-state index contributed by atoms with van der Waals surface area (Å²) < 4.78 is 27.4. The third-order valence-electron chi connectivity index (χ3n) is 8.95. The SMILES string of the molecule is CCCCCCCCCCCCOC[C@H](CSC[C@H](N)C(=O)N[C@@H](C)CNCCOCCOCCP(=O)(O)O)NC(=O)CCCCCCCCCCC. The average molecular weight is 797 g/mol. The number of unbranched alkanes of at least 4 members (excludes halogenated alkanes) is 17. The number of carbonyl (C=O) groups excluding carboxylic acids is 2. The summed E-state index contributed by atoms with van der Waals surface area (Å²) in [5.41, 5.74) is 6.23. The third kappa shape index (κ3) is 39.3. The molecule has 316 valence electrons. The standard InChI is InChI=1S/C39H81N4O8PS/c1-4-6-8-10-12-14-16-18-20-22-25-51-32-36(43-38(44)23-21-19-17-15-13-11-9-7-5-2)33-53-34-37(40)39(45)42-35(3)31-41-24-26-49-27-28-50-29-30-52(46,47)48/h35-37,41H,4-34,40H2,1-3H3,(H,42,45)(H,43,44)(H2,46,47,48)/t35-,36+,37-/m0/s1. The summed E-state index contributed by atoms with van der Waals surface area (Å²) in [6.45, 7) is 9.73. The van der Waals surface area contributed by atoms with Gasteiger partial charge in [-0.25, -0.2) is 0 Å². The van der Waals surface area contributed by atoms with Crippen LogP contribution in [0, 0.1) is 0 Å². The van der Waals surface area contributed by atoms with Crippen molar-refractivity contribution in [3.05, 3.63) is 0 Å².